The van der Waals surface area contributed by atoms with Crippen molar-refractivity contribution in [3.63, 3.8) is 0 Å². The van der Waals surface area contributed by atoms with Gasteiger partial charge in [-0.2, -0.15) is 0 Å². The third-order valence-corrected chi connectivity index (χ3v) is 8.56. The second kappa shape index (κ2) is 11.8. The van der Waals surface area contributed by atoms with Crippen molar-refractivity contribution in [1.82, 2.24) is 10.2 Å². The Hall–Kier alpha value is -3.07. The first-order valence-electron chi connectivity index (χ1n) is 12.3. The highest BCUT2D eigenvalue weighted by molar-refractivity contribution is 7.16. The number of aryl methyl sites for hydroxylation is 1. The van der Waals surface area contributed by atoms with Crippen molar-refractivity contribution in [1.29, 1.82) is 0 Å². The number of hydrogen-bond donors (Lipinski definition) is 3. The number of piperazine rings is 1. The third kappa shape index (κ3) is 6.49. The zero-order valence-corrected chi connectivity index (χ0v) is 23.8. The first kappa shape index (κ1) is 28.0. The predicted molar refractivity (Wildman–Crippen MR) is 155 cm³/mol. The molecular weight excluding hydrogens is 543 g/mol. The highest BCUT2D eigenvalue weighted by atomic mass is 35.5. The second-order valence-electron chi connectivity index (χ2n) is 10.1. The Kier molecular flexibility index (Phi) is 8.65. The zero-order chi connectivity index (χ0) is 27.4. The van der Waals surface area contributed by atoms with E-state index in [0.29, 0.717) is 47.2 Å². The van der Waals surface area contributed by atoms with Crippen LogP contribution in [0.5, 0.6) is 0 Å². The van der Waals surface area contributed by atoms with E-state index >= 15 is 0 Å². The maximum atomic E-state index is 13.9. The summed E-state index contributed by atoms with van der Waals surface area (Å²) in [5, 5.41) is 9.35. The summed E-state index contributed by atoms with van der Waals surface area (Å²) in [4.78, 5) is 42.2. The minimum absolute atomic E-state index is 0.172. The Bertz CT molecular complexity index is 1340. The van der Waals surface area contributed by atoms with Gasteiger partial charge in [0.05, 0.1) is 21.3 Å². The molecule has 1 aromatic heterocycles. The molecule has 0 bridgehead atoms. The van der Waals surface area contributed by atoms with Crippen LogP contribution in [0.1, 0.15) is 48.0 Å². The van der Waals surface area contributed by atoms with Crippen LogP contribution < -0.4 is 16.0 Å². The molecule has 38 heavy (non-hydrogen) atoms. The van der Waals surface area contributed by atoms with Gasteiger partial charge in [0.2, 0.25) is 5.91 Å². The summed E-state index contributed by atoms with van der Waals surface area (Å²) in [5.41, 5.74) is 1.55. The van der Waals surface area contributed by atoms with Crippen LogP contribution in [-0.4, -0.2) is 41.9 Å². The van der Waals surface area contributed by atoms with Crippen LogP contribution in [0.15, 0.2) is 54.6 Å². The van der Waals surface area contributed by atoms with Crippen molar-refractivity contribution in [2.75, 3.05) is 23.7 Å². The molecule has 1 aliphatic rings. The van der Waals surface area contributed by atoms with Crippen LogP contribution in [-0.2, 0) is 16.6 Å². The number of nitrogens with zero attached hydrogens (tertiary/aromatic N) is 1. The molecule has 0 radical (unpaired) electrons. The fraction of sp³-hybridized carbons (Fsp3) is 0.321. The Labute approximate surface area is 236 Å². The van der Waals surface area contributed by atoms with Gasteiger partial charge in [0.1, 0.15) is 11.0 Å². The monoisotopic (exact) mass is 572 g/mol. The molecule has 1 fully saturated rings. The smallest absolute Gasteiger partial charge is 0.324 e. The summed E-state index contributed by atoms with van der Waals surface area (Å²) in [6, 6.07) is 15.5. The minimum atomic E-state index is -0.610. The second-order valence-corrected chi connectivity index (χ2v) is 12.0. The van der Waals surface area contributed by atoms with Gasteiger partial charge >= 0.3 is 6.03 Å². The number of halogens is 2. The SMILES string of the molecule is CC(C)(C)c1cc(C(=O)N2CCNC(=O)[C@@H]2CCc2ccccc2)c(NC(=O)Nc2cccc(Cl)c2Cl)s1. The maximum Gasteiger partial charge on any atom is 0.324 e. The highest BCUT2D eigenvalue weighted by Gasteiger charge is 2.35. The number of hydrogen-bond acceptors (Lipinski definition) is 4. The molecule has 0 spiro atoms. The number of amides is 4. The van der Waals surface area contributed by atoms with Gasteiger partial charge in [-0.3, -0.25) is 14.9 Å². The summed E-state index contributed by atoms with van der Waals surface area (Å²) in [6.45, 7) is 6.88. The molecular formula is C28H30Cl2N4O3S. The van der Waals surface area contributed by atoms with Crippen LogP contribution in [0.3, 0.4) is 0 Å². The molecule has 1 saturated heterocycles. The van der Waals surface area contributed by atoms with E-state index in [9.17, 15) is 14.4 Å². The molecule has 0 saturated carbocycles. The third-order valence-electron chi connectivity index (χ3n) is 6.27. The van der Waals surface area contributed by atoms with Gasteiger partial charge in [-0.1, -0.05) is 80.4 Å². The average molecular weight is 574 g/mol. The Morgan fingerprint density at radius 1 is 1.08 bits per heavy atom. The van der Waals surface area contributed by atoms with Crippen molar-refractivity contribution >= 4 is 63.1 Å². The lowest BCUT2D eigenvalue weighted by Gasteiger charge is -2.35. The van der Waals surface area contributed by atoms with Gasteiger partial charge in [-0.05, 0) is 42.0 Å². The van der Waals surface area contributed by atoms with E-state index in [1.54, 1.807) is 23.1 Å². The summed E-state index contributed by atoms with van der Waals surface area (Å²) in [6.07, 6.45) is 1.15. The molecule has 1 atom stereocenters. The number of carbonyl (C=O) groups excluding carboxylic acids is 3. The molecule has 10 heteroatoms. The van der Waals surface area contributed by atoms with E-state index in [-0.39, 0.29) is 22.3 Å². The lowest BCUT2D eigenvalue weighted by molar-refractivity contribution is -0.128. The predicted octanol–water partition coefficient (Wildman–Crippen LogP) is 6.57. The Morgan fingerprint density at radius 3 is 2.53 bits per heavy atom. The van der Waals surface area contributed by atoms with Crippen LogP contribution >= 0.6 is 34.5 Å². The Morgan fingerprint density at radius 2 is 1.82 bits per heavy atom. The van der Waals surface area contributed by atoms with Gasteiger partial charge in [0.25, 0.3) is 5.91 Å². The number of carbonyl (C=O) groups is 3. The van der Waals surface area contributed by atoms with E-state index in [0.717, 1.165) is 10.4 Å². The lowest BCUT2D eigenvalue weighted by Crippen LogP contribution is -2.57. The first-order chi connectivity index (χ1) is 18.0. The number of nitrogens with one attached hydrogen (secondary N) is 3. The van der Waals surface area contributed by atoms with Gasteiger partial charge in [-0.25, -0.2) is 4.79 Å². The number of benzene rings is 2. The van der Waals surface area contributed by atoms with E-state index in [2.05, 4.69) is 16.0 Å². The van der Waals surface area contributed by atoms with Crippen LogP contribution in [0.4, 0.5) is 15.5 Å². The molecule has 7 nitrogen and oxygen atoms in total. The van der Waals surface area contributed by atoms with E-state index in [1.807, 2.05) is 57.2 Å². The number of rotatable bonds is 6. The van der Waals surface area contributed by atoms with E-state index in [4.69, 9.17) is 23.2 Å². The van der Waals surface area contributed by atoms with Gasteiger partial charge in [-0.15, -0.1) is 11.3 Å². The highest BCUT2D eigenvalue weighted by Crippen LogP contribution is 2.37. The fourth-order valence-electron chi connectivity index (χ4n) is 4.22. The Balaban J connectivity index is 1.59. The van der Waals surface area contributed by atoms with Crippen molar-refractivity contribution in [2.24, 2.45) is 0 Å². The number of thiophene rings is 1. The first-order valence-corrected chi connectivity index (χ1v) is 13.9. The number of anilines is 2. The van der Waals surface area contributed by atoms with E-state index in [1.165, 1.54) is 11.3 Å². The molecule has 0 unspecified atom stereocenters. The fourth-order valence-corrected chi connectivity index (χ4v) is 5.67. The van der Waals surface area contributed by atoms with Crippen LogP contribution in [0, 0.1) is 0 Å². The van der Waals surface area contributed by atoms with Crippen LogP contribution in [0.25, 0.3) is 0 Å². The molecule has 0 aliphatic carbocycles. The molecule has 4 rings (SSSR count). The summed E-state index contributed by atoms with van der Waals surface area (Å²) in [7, 11) is 0. The summed E-state index contributed by atoms with van der Waals surface area (Å²) >= 11 is 13.6. The minimum Gasteiger partial charge on any atom is -0.353 e. The van der Waals surface area contributed by atoms with Crippen molar-refractivity contribution in [3.8, 4) is 0 Å². The number of urea groups is 1. The largest absolute Gasteiger partial charge is 0.353 e. The molecule has 4 amide bonds. The molecule has 2 aromatic carbocycles. The van der Waals surface area contributed by atoms with Crippen LogP contribution in [0.2, 0.25) is 10.0 Å². The normalized spacial score (nSPS) is 15.7. The summed E-state index contributed by atoms with van der Waals surface area (Å²) < 4.78 is 0. The van der Waals surface area contributed by atoms with Crippen molar-refractivity contribution in [2.45, 2.75) is 45.1 Å². The standard InChI is InChI=1S/C28H30Cl2N4O3S/c1-28(2,3)22-16-18(25(38-22)33-27(37)32-20-11-7-10-19(29)23(20)30)26(36)34-15-14-31-24(35)21(34)13-12-17-8-5-4-6-9-17/h4-11,16,21H,12-15H2,1-3H3,(H,31,35)(H2,32,33,37)/t21-/m0/s1. The van der Waals surface area contributed by atoms with Gasteiger partial charge < -0.3 is 15.5 Å². The van der Waals surface area contributed by atoms with Crippen molar-refractivity contribution in [3.05, 3.63) is 80.6 Å². The summed E-state index contributed by atoms with van der Waals surface area (Å²) in [5.74, 6) is -0.463. The maximum absolute atomic E-state index is 13.9. The van der Waals surface area contributed by atoms with Crippen molar-refractivity contribution < 1.29 is 14.4 Å². The lowest BCUT2D eigenvalue weighted by atomic mass is 9.94. The average Bonchev–Trinajstić information content (AvgIpc) is 3.30. The zero-order valence-electron chi connectivity index (χ0n) is 21.4. The molecule has 1 aliphatic heterocycles. The molecule has 3 N–H and O–H groups in total. The molecule has 2 heterocycles. The quantitative estimate of drug-likeness (QED) is 0.312. The molecule has 3 aromatic rings. The topological polar surface area (TPSA) is 90.5 Å². The molecule has 200 valence electrons. The van der Waals surface area contributed by atoms with E-state index < -0.39 is 12.1 Å². The van der Waals surface area contributed by atoms with Gasteiger partial charge in [0.15, 0.2) is 0 Å². The van der Waals surface area contributed by atoms with Gasteiger partial charge in [0, 0.05) is 18.0 Å².